The number of aliphatic hydroxyl groups excluding tert-OH is 19. The van der Waals surface area contributed by atoms with Gasteiger partial charge in [0.1, 0.15) is 158 Å². The van der Waals surface area contributed by atoms with Crippen molar-refractivity contribution in [1.29, 1.82) is 0 Å². The van der Waals surface area contributed by atoms with E-state index < -0.39 is 323 Å². The molecule has 0 aromatic carbocycles. The molecular weight excluding hydrogens is 1670 g/mol. The van der Waals surface area contributed by atoms with Gasteiger partial charge in [-0.25, -0.2) is 0 Å². The number of aldehydes is 1. The summed E-state index contributed by atoms with van der Waals surface area (Å²) < 4.78 is 99.1. The third-order valence-electron chi connectivity index (χ3n) is 31.1. The molecule has 1 amide bonds. The summed E-state index contributed by atoms with van der Waals surface area (Å²) in [5.41, 5.74) is -7.23. The molecule has 8 aliphatic heterocycles. The molecule has 126 heavy (non-hydrogen) atoms. The molecule has 12 fully saturated rings. The van der Waals surface area contributed by atoms with Gasteiger partial charge in [-0.15, -0.1) is 0 Å². The molecule has 13 aliphatic rings. The summed E-state index contributed by atoms with van der Waals surface area (Å²) in [6.45, 7) is 13.9. The van der Waals surface area contributed by atoms with E-state index in [2.05, 4.69) is 52.9 Å². The molecule has 8 saturated heterocycles. The Morgan fingerprint density at radius 3 is 1.72 bits per heavy atom. The van der Waals surface area contributed by atoms with E-state index in [9.17, 15) is 112 Å². The van der Waals surface area contributed by atoms with Crippen LogP contribution in [0.3, 0.4) is 0 Å². The number of esters is 1. The van der Waals surface area contributed by atoms with Crippen molar-refractivity contribution < 1.29 is 192 Å². The van der Waals surface area contributed by atoms with Crippen LogP contribution in [0, 0.1) is 56.9 Å². The average molecular weight is 1810 g/mol. The third-order valence-corrected chi connectivity index (χ3v) is 31.1. The third kappa shape index (κ3) is 19.1. The molecule has 723 valence electrons. The van der Waals surface area contributed by atoms with Gasteiger partial charge in [-0.05, 0) is 117 Å². The summed E-state index contributed by atoms with van der Waals surface area (Å²) >= 11 is 0. The molecule has 5 aliphatic carbocycles. The first kappa shape index (κ1) is 100. The molecule has 0 bridgehead atoms. The van der Waals surface area contributed by atoms with Crippen molar-refractivity contribution >= 4 is 18.2 Å². The Morgan fingerprint density at radius 2 is 1.08 bits per heavy atom. The second kappa shape index (κ2) is 40.5. The van der Waals surface area contributed by atoms with Crippen LogP contribution < -0.4 is 5.32 Å². The fraction of sp³-hybridized carbons (Fsp3) is 0.930. The van der Waals surface area contributed by atoms with E-state index in [0.717, 1.165) is 63.4 Å². The summed E-state index contributed by atoms with van der Waals surface area (Å²) in [6, 6.07) is -1.56. The maximum absolute atomic E-state index is 16.7. The second-order valence-corrected chi connectivity index (χ2v) is 39.6. The lowest BCUT2D eigenvalue weighted by molar-refractivity contribution is -0.386. The van der Waals surface area contributed by atoms with Crippen LogP contribution in [0.15, 0.2) is 11.6 Å². The molecule has 18 unspecified atom stereocenters. The van der Waals surface area contributed by atoms with Gasteiger partial charge in [0.15, 0.2) is 50.1 Å². The minimum absolute atomic E-state index is 0.0175. The zero-order valence-electron chi connectivity index (χ0n) is 73.1. The number of ether oxygens (including phenoxy) is 16. The predicted molar refractivity (Wildman–Crippen MR) is 425 cm³/mol. The van der Waals surface area contributed by atoms with Gasteiger partial charge in [-0.2, -0.15) is 0 Å². The molecule has 21 N–H and O–H groups in total. The van der Waals surface area contributed by atoms with Crippen LogP contribution in [-0.2, 0) is 90.2 Å². The first-order valence-corrected chi connectivity index (χ1v) is 45.2. The van der Waals surface area contributed by atoms with Gasteiger partial charge in [-0.3, -0.25) is 9.59 Å². The van der Waals surface area contributed by atoms with Crippen LogP contribution in [0.4, 0.5) is 0 Å². The predicted octanol–water partition coefficient (Wildman–Crippen LogP) is -3.77. The molecule has 0 aromatic heterocycles. The minimum atomic E-state index is -2.19. The van der Waals surface area contributed by atoms with Gasteiger partial charge >= 0.3 is 5.97 Å². The van der Waals surface area contributed by atoms with E-state index in [4.69, 9.17) is 75.8 Å². The molecule has 40 nitrogen and oxygen atoms in total. The Morgan fingerprint density at radius 1 is 0.516 bits per heavy atom. The highest BCUT2D eigenvalue weighted by molar-refractivity contribution is 5.80. The fourth-order valence-electron chi connectivity index (χ4n) is 23.1. The minimum Gasteiger partial charge on any atom is -0.432 e. The first-order chi connectivity index (χ1) is 59.5. The van der Waals surface area contributed by atoms with Crippen molar-refractivity contribution in [3.63, 3.8) is 0 Å². The highest BCUT2D eigenvalue weighted by Crippen LogP contribution is 2.76. The molecule has 0 aromatic rings. The Balaban J connectivity index is 0.795. The average Bonchev–Trinajstić information content (AvgIpc) is 0.896. The number of unbranched alkanes of at least 4 members (excludes halogenated alkanes) is 8. The largest absolute Gasteiger partial charge is 0.432 e. The zero-order valence-corrected chi connectivity index (χ0v) is 73.1. The fourth-order valence-corrected chi connectivity index (χ4v) is 23.1. The number of nitrogens with one attached hydrogen (secondary N) is 1. The van der Waals surface area contributed by atoms with Crippen LogP contribution in [0.1, 0.15) is 184 Å². The van der Waals surface area contributed by atoms with Gasteiger partial charge in [0, 0.05) is 6.42 Å². The number of rotatable bonds is 31. The van der Waals surface area contributed by atoms with Crippen LogP contribution in [-0.4, -0.2) is 387 Å². The van der Waals surface area contributed by atoms with Crippen molar-refractivity contribution in [3.8, 4) is 0 Å². The van der Waals surface area contributed by atoms with E-state index in [-0.39, 0.29) is 31.6 Å². The Kier molecular flexibility index (Phi) is 32.3. The molecule has 0 spiro atoms. The van der Waals surface area contributed by atoms with E-state index in [1.54, 1.807) is 6.92 Å². The monoisotopic (exact) mass is 1810 g/mol. The topological polar surface area (TPSA) is 616 Å². The summed E-state index contributed by atoms with van der Waals surface area (Å²) in [7, 11) is 0. The van der Waals surface area contributed by atoms with Crippen molar-refractivity contribution in [2.75, 3.05) is 39.6 Å². The molecular formula is C86H140NO39. The lowest BCUT2D eigenvalue weighted by Gasteiger charge is -2.71. The van der Waals surface area contributed by atoms with Crippen LogP contribution in [0.2, 0.25) is 0 Å². The number of carbonyl (C=O) groups is 3. The highest BCUT2D eigenvalue weighted by atomic mass is 16.8. The van der Waals surface area contributed by atoms with Gasteiger partial charge in [-0.1, -0.05) is 111 Å². The van der Waals surface area contributed by atoms with E-state index in [1.807, 2.05) is 0 Å². The Labute approximate surface area is 732 Å². The van der Waals surface area contributed by atoms with Crippen molar-refractivity contribution in [2.45, 2.75) is 411 Å². The Hall–Kier alpha value is -3.05. The number of allylic oxidation sites excluding steroid dienone is 2. The maximum Gasteiger partial charge on any atom is 0.317 e. The number of carbonyl (C=O) groups excluding carboxylic acids is 3. The van der Waals surface area contributed by atoms with Crippen molar-refractivity contribution in [3.05, 3.63) is 18.3 Å². The van der Waals surface area contributed by atoms with Gasteiger partial charge in [0.25, 0.3) is 0 Å². The van der Waals surface area contributed by atoms with E-state index >= 15 is 4.79 Å². The molecule has 40 heteroatoms. The summed E-state index contributed by atoms with van der Waals surface area (Å²) in [6.07, 6.45) is -47.6. The number of amides is 1. The lowest BCUT2D eigenvalue weighted by Crippen LogP contribution is -2.71. The van der Waals surface area contributed by atoms with Crippen LogP contribution >= 0.6 is 0 Å². The van der Waals surface area contributed by atoms with Gasteiger partial charge < -0.3 is 188 Å². The van der Waals surface area contributed by atoms with E-state index in [1.165, 1.54) is 13.8 Å². The number of aliphatic hydroxyl groups is 20. The van der Waals surface area contributed by atoms with Gasteiger partial charge in [0.2, 0.25) is 12.2 Å². The standard InChI is InChI=1S/C86H140NO39/c1-10-11-12-13-14-15-16-17-18-19-51(96)87-52-45(30-88)117-77(69(67(52)123-73-60(104)56(100)53(97)38(2)115-73)125-74-62(106)58(102)64(39(3)116-74)120-72-63(107)65(43(93)33-112-72)121-78-70(108)85(110,36-91)37-114-78)126-79(109)86-27-26-80(4,5)28-41(86)40-20-21-48-81(6)24-23-50(82(7,35-90)47(81)22-25-83(48,8)84(40,9)29-49(86)95)119-76-68(124-75-61(105)57(101)55(99)46(31-89)118-75)66(44(94)34-113-76)122-71-59(103)54(98)42(92)32-111-71/h20,34-35,38-39,41-50,52-78,88-89,91-95,97-108,110H,10-19,21-33,36-37H2,1-9H3,(H,87,96)/t38?,39?,41?,42-,43+,44-,45?,46?,47+,48?,49?,50-,52+,53-,54-,55-,56+,57-,58?,59?,60?,61?,62-,63+,64+,65?,66-,67?,68?,69+,70?,71-,72+,73-,74+,75-,76-,77+,78+,81?,82+,83?,84?,85-,86+/m0/s1. The number of hydrogen-bond donors (Lipinski definition) is 21. The second-order valence-electron chi connectivity index (χ2n) is 39.6. The molecule has 13 rings (SSSR count). The lowest BCUT2D eigenvalue weighted by atomic mass is 9.33. The maximum atomic E-state index is 16.7. The molecule has 4 saturated carbocycles. The number of hydrogen-bond acceptors (Lipinski definition) is 39. The zero-order chi connectivity index (χ0) is 91.6. The first-order valence-electron chi connectivity index (χ1n) is 45.2. The van der Waals surface area contributed by atoms with Crippen molar-refractivity contribution in [1.82, 2.24) is 5.32 Å². The smallest absolute Gasteiger partial charge is 0.317 e. The Bertz CT molecular complexity index is 3610. The summed E-state index contributed by atoms with van der Waals surface area (Å²) in [5.74, 6) is -3.04. The molecule has 8 heterocycles. The van der Waals surface area contributed by atoms with E-state index in [0.29, 0.717) is 51.4 Å². The molecule has 1 radical (unpaired) electrons. The summed E-state index contributed by atoms with van der Waals surface area (Å²) in [4.78, 5) is 45.6. The van der Waals surface area contributed by atoms with Crippen LogP contribution in [0.5, 0.6) is 0 Å². The van der Waals surface area contributed by atoms with Crippen LogP contribution in [0.25, 0.3) is 0 Å². The number of fused-ring (bicyclic) bond motifs is 7. The highest BCUT2D eigenvalue weighted by Gasteiger charge is 2.74. The summed E-state index contributed by atoms with van der Waals surface area (Å²) in [5, 5.41) is 228. The quantitative estimate of drug-likeness (QED) is 0.0104. The normalized spacial score (nSPS) is 50.9. The van der Waals surface area contributed by atoms with Gasteiger partial charge in [0.05, 0.1) is 75.5 Å². The van der Waals surface area contributed by atoms with Crippen molar-refractivity contribution in [2.24, 2.45) is 50.2 Å². The molecule has 45 atom stereocenters. The SMILES string of the molecule is CCCCCCCCCCCC(=O)N[C@@H]1C(CO)O[C@H](OC(=O)[C@]23CCC(C)(C)CC2C2=CCC4C5(C)CC[C@H](O[C@@H]6O[CH][C@H](O)[C@H](O[C@@H]7OC[C@H](O)[C@H](O)C7O)C6O[C@@H]6OC(CO)[C@H](O)[C@H](O)C6O)[C@](C)(C=O)[C@@H]5CCC4(C)C2(C)CC3O)[C@H](O[C@H]2OC(C)[C@@H](O[C@H]3OC[C@@H](O)C(O[C@H]4OC[C@@](O)(CO)C4O)[C@H]3O)C(O)[C@@H]2O)C1O[C@@H]1OC(C)[C@H](O)[C@@H](O)C1O.